The summed E-state index contributed by atoms with van der Waals surface area (Å²) in [7, 11) is 0. The molecule has 0 aliphatic rings. The quantitative estimate of drug-likeness (QED) is 0.615. The second-order valence-electron chi connectivity index (χ2n) is 6.19. The van der Waals surface area contributed by atoms with E-state index in [9.17, 15) is 9.59 Å². The van der Waals surface area contributed by atoms with Crippen LogP contribution < -0.4 is 5.32 Å². The summed E-state index contributed by atoms with van der Waals surface area (Å²) < 4.78 is 0. The highest BCUT2D eigenvalue weighted by Gasteiger charge is 2.23. The summed E-state index contributed by atoms with van der Waals surface area (Å²) >= 11 is 0. The molecule has 3 rings (SSSR count). The number of H-pyrrole nitrogens is 1. The lowest BCUT2D eigenvalue weighted by atomic mass is 9.91. The van der Waals surface area contributed by atoms with Crippen LogP contribution in [0.1, 0.15) is 22.7 Å². The van der Waals surface area contributed by atoms with Gasteiger partial charge in [-0.05, 0) is 17.5 Å². The van der Waals surface area contributed by atoms with E-state index in [1.807, 2.05) is 60.7 Å². The van der Waals surface area contributed by atoms with E-state index in [2.05, 4.69) is 15.3 Å². The third-order valence-electron chi connectivity index (χ3n) is 4.29. The Labute approximate surface area is 152 Å². The van der Waals surface area contributed by atoms with Gasteiger partial charge in [-0.25, -0.2) is 4.98 Å². The smallest absolute Gasteiger partial charge is 0.228 e. The predicted octanol–water partition coefficient (Wildman–Crippen LogP) is 2.66. The van der Waals surface area contributed by atoms with Gasteiger partial charge in [0.25, 0.3) is 0 Å². The summed E-state index contributed by atoms with van der Waals surface area (Å²) in [5.41, 5.74) is 2.81. The van der Waals surface area contributed by atoms with E-state index in [1.54, 1.807) is 12.5 Å². The van der Waals surface area contributed by atoms with E-state index >= 15 is 0 Å². The summed E-state index contributed by atoms with van der Waals surface area (Å²) in [5.74, 6) is -0.514. The molecule has 0 radical (unpaired) electrons. The van der Waals surface area contributed by atoms with Crippen molar-refractivity contribution in [3.05, 3.63) is 90.0 Å². The maximum Gasteiger partial charge on any atom is 0.228 e. The van der Waals surface area contributed by atoms with E-state index < -0.39 is 6.04 Å². The van der Waals surface area contributed by atoms with Gasteiger partial charge in [0.1, 0.15) is 6.29 Å². The van der Waals surface area contributed by atoms with Crippen molar-refractivity contribution in [1.29, 1.82) is 0 Å². The highest BCUT2D eigenvalue weighted by Crippen LogP contribution is 2.21. The van der Waals surface area contributed by atoms with Gasteiger partial charge in [0.05, 0.1) is 18.3 Å². The van der Waals surface area contributed by atoms with Crippen molar-refractivity contribution in [1.82, 2.24) is 15.3 Å². The van der Waals surface area contributed by atoms with Gasteiger partial charge in [-0.1, -0.05) is 60.7 Å². The average molecular weight is 347 g/mol. The molecule has 0 spiro atoms. The van der Waals surface area contributed by atoms with Crippen molar-refractivity contribution in [3.8, 4) is 0 Å². The van der Waals surface area contributed by atoms with Crippen LogP contribution in [-0.2, 0) is 22.4 Å². The molecule has 0 saturated heterocycles. The Morgan fingerprint density at radius 1 is 1.04 bits per heavy atom. The molecule has 0 bridgehead atoms. The van der Waals surface area contributed by atoms with Crippen LogP contribution in [0.5, 0.6) is 0 Å². The third kappa shape index (κ3) is 4.66. The minimum absolute atomic E-state index is 0.156. The molecule has 1 heterocycles. The number of nitrogens with zero attached hydrogens (tertiary/aromatic N) is 1. The number of carbonyl (C=O) groups excluding carboxylic acids is 2. The number of aromatic amines is 1. The van der Waals surface area contributed by atoms with Crippen LogP contribution in [0.15, 0.2) is 73.2 Å². The number of amides is 1. The van der Waals surface area contributed by atoms with E-state index in [1.165, 1.54) is 0 Å². The molecular weight excluding hydrogens is 326 g/mol. The zero-order chi connectivity index (χ0) is 18.2. The predicted molar refractivity (Wildman–Crippen MR) is 99.6 cm³/mol. The van der Waals surface area contributed by atoms with Crippen LogP contribution in [0.25, 0.3) is 0 Å². The largest absolute Gasteiger partial charge is 0.348 e. The Morgan fingerprint density at radius 2 is 1.73 bits per heavy atom. The van der Waals surface area contributed by atoms with Gasteiger partial charge in [-0.2, -0.15) is 0 Å². The lowest BCUT2D eigenvalue weighted by Crippen LogP contribution is -2.41. The molecule has 2 unspecified atom stereocenters. The van der Waals surface area contributed by atoms with Crippen molar-refractivity contribution >= 4 is 12.2 Å². The standard InChI is InChI=1S/C21H21N3O2/c25-14-19(12-18-13-22-15-23-18)24-21(26)20(17-9-5-2-6-10-17)11-16-7-3-1-4-8-16/h1-10,13-15,19-20H,11-12H2,(H,22,23)(H,24,26). The Balaban J connectivity index is 1.76. The first kappa shape index (κ1) is 17.6. The summed E-state index contributed by atoms with van der Waals surface area (Å²) in [5, 5.41) is 2.87. The van der Waals surface area contributed by atoms with Crippen molar-refractivity contribution in [2.45, 2.75) is 24.8 Å². The molecule has 2 atom stereocenters. The lowest BCUT2D eigenvalue weighted by molar-refractivity contribution is -0.125. The van der Waals surface area contributed by atoms with Gasteiger partial charge in [0, 0.05) is 18.3 Å². The molecule has 1 aromatic heterocycles. The second-order valence-corrected chi connectivity index (χ2v) is 6.19. The fraction of sp³-hybridized carbons (Fsp3) is 0.190. The van der Waals surface area contributed by atoms with Crippen LogP contribution in [-0.4, -0.2) is 28.2 Å². The molecular formula is C21H21N3O2. The van der Waals surface area contributed by atoms with Gasteiger partial charge < -0.3 is 15.1 Å². The fourth-order valence-corrected chi connectivity index (χ4v) is 2.95. The van der Waals surface area contributed by atoms with Crippen LogP contribution in [0.3, 0.4) is 0 Å². The van der Waals surface area contributed by atoms with Gasteiger partial charge >= 0.3 is 0 Å². The van der Waals surface area contributed by atoms with Crippen molar-refractivity contribution in [2.24, 2.45) is 0 Å². The molecule has 132 valence electrons. The zero-order valence-corrected chi connectivity index (χ0v) is 14.3. The third-order valence-corrected chi connectivity index (χ3v) is 4.29. The van der Waals surface area contributed by atoms with Crippen LogP contribution in [0, 0.1) is 0 Å². The summed E-state index contributed by atoms with van der Waals surface area (Å²) in [6.45, 7) is 0. The molecule has 0 aliphatic heterocycles. The second kappa shape index (κ2) is 8.76. The van der Waals surface area contributed by atoms with Crippen LogP contribution in [0.2, 0.25) is 0 Å². The molecule has 2 aromatic carbocycles. The molecule has 0 fully saturated rings. The average Bonchev–Trinajstić information content (AvgIpc) is 3.20. The molecule has 0 saturated carbocycles. The molecule has 0 aliphatic carbocycles. The lowest BCUT2D eigenvalue weighted by Gasteiger charge is -2.20. The summed E-state index contributed by atoms with van der Waals surface area (Å²) in [6.07, 6.45) is 4.94. The Morgan fingerprint density at radius 3 is 2.35 bits per heavy atom. The number of nitrogens with one attached hydrogen (secondary N) is 2. The SMILES string of the molecule is O=CC(Cc1cnc[nH]1)NC(=O)C(Cc1ccccc1)c1ccccc1. The molecule has 5 nitrogen and oxygen atoms in total. The van der Waals surface area contributed by atoms with Gasteiger partial charge in [0.15, 0.2) is 0 Å². The Bertz CT molecular complexity index is 817. The maximum absolute atomic E-state index is 13.0. The number of aromatic nitrogens is 2. The minimum atomic E-state index is -0.593. The van der Waals surface area contributed by atoms with Gasteiger partial charge in [0.2, 0.25) is 5.91 Å². The number of imidazole rings is 1. The van der Waals surface area contributed by atoms with Crippen LogP contribution >= 0.6 is 0 Å². The minimum Gasteiger partial charge on any atom is -0.348 e. The zero-order valence-electron chi connectivity index (χ0n) is 14.3. The Hall–Kier alpha value is -3.21. The fourth-order valence-electron chi connectivity index (χ4n) is 2.95. The number of carbonyl (C=O) groups is 2. The Kier molecular flexibility index (Phi) is 5.93. The highest BCUT2D eigenvalue weighted by molar-refractivity contribution is 5.86. The maximum atomic E-state index is 13.0. The van der Waals surface area contributed by atoms with E-state index in [-0.39, 0.29) is 11.8 Å². The summed E-state index contributed by atoms with van der Waals surface area (Å²) in [6, 6.07) is 18.9. The first-order valence-corrected chi connectivity index (χ1v) is 8.58. The van der Waals surface area contributed by atoms with Crippen molar-refractivity contribution in [3.63, 3.8) is 0 Å². The monoisotopic (exact) mass is 347 g/mol. The van der Waals surface area contributed by atoms with E-state index in [0.29, 0.717) is 12.8 Å². The highest BCUT2D eigenvalue weighted by atomic mass is 16.2. The number of benzene rings is 2. The topological polar surface area (TPSA) is 74.8 Å². The molecule has 2 N–H and O–H groups in total. The molecule has 1 amide bonds. The molecule has 3 aromatic rings. The first-order chi connectivity index (χ1) is 12.8. The number of aldehydes is 1. The van der Waals surface area contributed by atoms with Gasteiger partial charge in [-0.3, -0.25) is 4.79 Å². The first-order valence-electron chi connectivity index (χ1n) is 8.58. The molecule has 5 heteroatoms. The van der Waals surface area contributed by atoms with Crippen LogP contribution in [0.4, 0.5) is 0 Å². The molecule has 26 heavy (non-hydrogen) atoms. The number of hydrogen-bond acceptors (Lipinski definition) is 3. The number of rotatable bonds is 8. The number of hydrogen-bond donors (Lipinski definition) is 2. The van der Waals surface area contributed by atoms with Crippen molar-refractivity contribution in [2.75, 3.05) is 0 Å². The van der Waals surface area contributed by atoms with Crippen molar-refractivity contribution < 1.29 is 9.59 Å². The van der Waals surface area contributed by atoms with E-state index in [4.69, 9.17) is 0 Å². The van der Waals surface area contributed by atoms with E-state index in [0.717, 1.165) is 23.1 Å². The van der Waals surface area contributed by atoms with Gasteiger partial charge in [-0.15, -0.1) is 0 Å². The summed E-state index contributed by atoms with van der Waals surface area (Å²) in [4.78, 5) is 31.3. The normalized spacial score (nSPS) is 12.9.